The summed E-state index contributed by atoms with van der Waals surface area (Å²) in [5.74, 6) is 0.965. The quantitative estimate of drug-likeness (QED) is 0.512. The van der Waals surface area contributed by atoms with Gasteiger partial charge in [-0.1, -0.05) is 29.5 Å². The van der Waals surface area contributed by atoms with Gasteiger partial charge in [-0.25, -0.2) is 0 Å². The van der Waals surface area contributed by atoms with Crippen molar-refractivity contribution in [1.29, 1.82) is 0 Å². The number of likely N-dealkylation sites (tertiary alicyclic amines) is 1. The van der Waals surface area contributed by atoms with Crippen LogP contribution in [0, 0.1) is 12.8 Å². The Morgan fingerprint density at radius 1 is 1.21 bits per heavy atom. The first-order valence-corrected chi connectivity index (χ1v) is 10.0. The van der Waals surface area contributed by atoms with Crippen LogP contribution >= 0.6 is 11.8 Å². The average molecular weight is 405 g/mol. The minimum Gasteiger partial charge on any atom is -0.484 e. The van der Waals surface area contributed by atoms with E-state index in [-0.39, 0.29) is 30.2 Å². The smallest absolute Gasteiger partial charge is 0.308 e. The maximum Gasteiger partial charge on any atom is 0.308 e. The van der Waals surface area contributed by atoms with Crippen LogP contribution in [-0.4, -0.2) is 52.9 Å². The highest BCUT2D eigenvalue weighted by atomic mass is 32.2. The molecule has 1 aromatic heterocycles. The number of hydrogen-bond donors (Lipinski definition) is 0. The molecule has 0 atom stereocenters. The Morgan fingerprint density at radius 2 is 1.93 bits per heavy atom. The molecule has 0 spiro atoms. The fraction of sp³-hybridized carbons (Fsp3) is 0.474. The van der Waals surface area contributed by atoms with Crippen LogP contribution in [0.5, 0.6) is 5.75 Å². The molecule has 0 saturated carbocycles. The Morgan fingerprint density at radius 3 is 2.61 bits per heavy atom. The predicted molar refractivity (Wildman–Crippen MR) is 102 cm³/mol. The Kier molecular flexibility index (Phi) is 6.91. The standard InChI is InChI=1S/C19H23N3O5S/c1-13-3-5-15(6-4-13)26-11-16-20-21-19(27-16)28-12-17(23)22-9-7-14(8-10-22)18(24)25-2/h3-6,14H,7-12H2,1-2H3. The van der Waals surface area contributed by atoms with E-state index in [4.69, 9.17) is 13.9 Å². The van der Waals surface area contributed by atoms with Gasteiger partial charge in [0.15, 0.2) is 6.61 Å². The number of aromatic nitrogens is 2. The normalized spacial score (nSPS) is 14.7. The summed E-state index contributed by atoms with van der Waals surface area (Å²) in [6.45, 7) is 3.29. The minimum absolute atomic E-state index is 0.0102. The van der Waals surface area contributed by atoms with Crippen LogP contribution in [0.4, 0.5) is 0 Å². The van der Waals surface area contributed by atoms with Gasteiger partial charge in [0.2, 0.25) is 5.91 Å². The Bertz CT molecular complexity index is 800. The summed E-state index contributed by atoms with van der Waals surface area (Å²) < 4.78 is 15.9. The van der Waals surface area contributed by atoms with Crippen molar-refractivity contribution in [3.05, 3.63) is 35.7 Å². The van der Waals surface area contributed by atoms with Crippen molar-refractivity contribution in [2.24, 2.45) is 5.92 Å². The van der Waals surface area contributed by atoms with Crippen LogP contribution in [0.2, 0.25) is 0 Å². The number of aryl methyl sites for hydroxylation is 1. The monoisotopic (exact) mass is 405 g/mol. The third kappa shape index (κ3) is 5.48. The number of hydrogen-bond acceptors (Lipinski definition) is 8. The molecule has 9 heteroatoms. The van der Waals surface area contributed by atoms with Gasteiger partial charge in [-0.05, 0) is 31.9 Å². The number of piperidine rings is 1. The van der Waals surface area contributed by atoms with Crippen molar-refractivity contribution in [2.45, 2.75) is 31.6 Å². The Balaban J connectivity index is 1.41. The fourth-order valence-corrected chi connectivity index (χ4v) is 3.56. The highest BCUT2D eigenvalue weighted by molar-refractivity contribution is 7.99. The summed E-state index contributed by atoms with van der Waals surface area (Å²) >= 11 is 1.20. The summed E-state index contributed by atoms with van der Waals surface area (Å²) in [5, 5.41) is 8.21. The number of methoxy groups -OCH3 is 1. The average Bonchev–Trinajstić information content (AvgIpc) is 3.19. The Labute approximate surface area is 167 Å². The van der Waals surface area contributed by atoms with Gasteiger partial charge >= 0.3 is 5.97 Å². The number of rotatable bonds is 7. The molecular weight excluding hydrogens is 382 g/mol. The number of thioether (sulfide) groups is 1. The lowest BCUT2D eigenvalue weighted by molar-refractivity contribution is -0.148. The van der Waals surface area contributed by atoms with E-state index in [1.54, 1.807) is 4.90 Å². The molecule has 0 unspecified atom stereocenters. The van der Waals surface area contributed by atoms with Crippen molar-refractivity contribution in [2.75, 3.05) is 26.0 Å². The number of benzene rings is 1. The lowest BCUT2D eigenvalue weighted by Gasteiger charge is -2.30. The van der Waals surface area contributed by atoms with E-state index >= 15 is 0 Å². The van der Waals surface area contributed by atoms with Gasteiger partial charge in [-0.15, -0.1) is 10.2 Å². The van der Waals surface area contributed by atoms with Crippen LogP contribution in [0.15, 0.2) is 33.9 Å². The van der Waals surface area contributed by atoms with Crippen LogP contribution in [-0.2, 0) is 20.9 Å². The zero-order valence-electron chi connectivity index (χ0n) is 15.9. The molecule has 1 fully saturated rings. The highest BCUT2D eigenvalue weighted by Crippen LogP contribution is 2.22. The second-order valence-electron chi connectivity index (χ2n) is 6.53. The topological polar surface area (TPSA) is 94.8 Å². The van der Waals surface area contributed by atoms with Gasteiger partial charge in [0.05, 0.1) is 18.8 Å². The molecule has 2 heterocycles. The Hall–Kier alpha value is -2.55. The van der Waals surface area contributed by atoms with Gasteiger partial charge in [0, 0.05) is 13.1 Å². The van der Waals surface area contributed by atoms with E-state index in [2.05, 4.69) is 10.2 Å². The zero-order chi connectivity index (χ0) is 19.9. The molecule has 0 aliphatic carbocycles. The molecule has 8 nitrogen and oxygen atoms in total. The van der Waals surface area contributed by atoms with E-state index < -0.39 is 0 Å². The van der Waals surface area contributed by atoms with Gasteiger partial charge in [0.1, 0.15) is 5.75 Å². The van der Waals surface area contributed by atoms with Crippen molar-refractivity contribution in [1.82, 2.24) is 15.1 Å². The second kappa shape index (κ2) is 9.59. The molecule has 1 saturated heterocycles. The summed E-state index contributed by atoms with van der Waals surface area (Å²) in [5.41, 5.74) is 1.16. The van der Waals surface area contributed by atoms with Crippen molar-refractivity contribution in [3.63, 3.8) is 0 Å². The van der Waals surface area contributed by atoms with Crippen LogP contribution in [0.3, 0.4) is 0 Å². The number of carbonyl (C=O) groups is 2. The van der Waals surface area contributed by atoms with Crippen LogP contribution in [0.1, 0.15) is 24.3 Å². The third-order valence-electron chi connectivity index (χ3n) is 4.53. The molecule has 3 rings (SSSR count). The zero-order valence-corrected chi connectivity index (χ0v) is 16.7. The van der Waals surface area contributed by atoms with E-state index in [1.807, 2.05) is 31.2 Å². The first-order chi connectivity index (χ1) is 13.5. The molecule has 0 bridgehead atoms. The van der Waals surface area contributed by atoms with E-state index in [0.717, 1.165) is 11.3 Å². The first kappa shape index (κ1) is 20.2. The first-order valence-electron chi connectivity index (χ1n) is 9.05. The van der Waals surface area contributed by atoms with Crippen LogP contribution in [0.25, 0.3) is 0 Å². The van der Waals surface area contributed by atoms with Crippen molar-refractivity contribution < 1.29 is 23.5 Å². The summed E-state index contributed by atoms with van der Waals surface area (Å²) in [7, 11) is 1.39. The van der Waals surface area contributed by atoms with Crippen LogP contribution < -0.4 is 4.74 Å². The third-order valence-corrected chi connectivity index (χ3v) is 5.34. The van der Waals surface area contributed by atoms with Crippen molar-refractivity contribution >= 4 is 23.6 Å². The molecule has 28 heavy (non-hydrogen) atoms. The van der Waals surface area contributed by atoms with Gasteiger partial charge in [-0.3, -0.25) is 9.59 Å². The second-order valence-corrected chi connectivity index (χ2v) is 7.46. The number of carbonyl (C=O) groups excluding carboxylic acids is 2. The summed E-state index contributed by atoms with van der Waals surface area (Å²) in [4.78, 5) is 25.6. The van der Waals surface area contributed by atoms with E-state index in [0.29, 0.717) is 37.0 Å². The molecule has 1 amide bonds. The maximum absolute atomic E-state index is 12.3. The maximum atomic E-state index is 12.3. The van der Waals surface area contributed by atoms with Crippen molar-refractivity contribution in [3.8, 4) is 5.75 Å². The van der Waals surface area contributed by atoms with E-state index in [1.165, 1.54) is 18.9 Å². The summed E-state index contributed by atoms with van der Waals surface area (Å²) in [6, 6.07) is 7.68. The van der Waals surface area contributed by atoms with Gasteiger partial charge in [0.25, 0.3) is 11.1 Å². The van der Waals surface area contributed by atoms with E-state index in [9.17, 15) is 9.59 Å². The van der Waals surface area contributed by atoms with Gasteiger partial charge in [-0.2, -0.15) is 0 Å². The minimum atomic E-state index is -0.201. The number of nitrogens with zero attached hydrogens (tertiary/aromatic N) is 3. The molecule has 0 radical (unpaired) electrons. The molecular formula is C19H23N3O5S. The number of esters is 1. The SMILES string of the molecule is COC(=O)C1CCN(C(=O)CSc2nnc(COc3ccc(C)cc3)o2)CC1. The molecule has 1 aromatic carbocycles. The lowest BCUT2D eigenvalue weighted by atomic mass is 9.97. The largest absolute Gasteiger partial charge is 0.484 e. The lowest BCUT2D eigenvalue weighted by Crippen LogP contribution is -2.41. The number of ether oxygens (including phenoxy) is 2. The fourth-order valence-electron chi connectivity index (χ4n) is 2.88. The molecule has 1 aliphatic rings. The predicted octanol–water partition coefficient (Wildman–Crippen LogP) is 2.46. The number of amides is 1. The molecule has 150 valence electrons. The summed E-state index contributed by atoms with van der Waals surface area (Å²) in [6.07, 6.45) is 1.26. The highest BCUT2D eigenvalue weighted by Gasteiger charge is 2.28. The molecule has 2 aromatic rings. The molecule has 0 N–H and O–H groups in total. The van der Waals surface area contributed by atoms with Gasteiger partial charge < -0.3 is 18.8 Å². The molecule has 1 aliphatic heterocycles.